The minimum absolute atomic E-state index is 0.00745. The molecule has 6 heteroatoms. The van der Waals surface area contributed by atoms with E-state index in [-0.39, 0.29) is 17.7 Å². The molecule has 33 heavy (non-hydrogen) atoms. The number of hydrogen-bond donors (Lipinski definition) is 1. The molecule has 2 saturated heterocycles. The Morgan fingerprint density at radius 1 is 0.939 bits per heavy atom. The Balaban J connectivity index is 1.27. The summed E-state index contributed by atoms with van der Waals surface area (Å²) in [6.07, 6.45) is 4.85. The minimum Gasteiger partial charge on any atom is -0.369 e. The maximum absolute atomic E-state index is 12.9. The van der Waals surface area contributed by atoms with Crippen LogP contribution in [0.2, 0.25) is 0 Å². The van der Waals surface area contributed by atoms with Gasteiger partial charge in [0, 0.05) is 62.6 Å². The van der Waals surface area contributed by atoms with Crippen molar-refractivity contribution in [2.75, 3.05) is 56.5 Å². The number of likely N-dealkylation sites (tertiary alicyclic amines) is 1. The summed E-state index contributed by atoms with van der Waals surface area (Å²) in [6.45, 7) is 7.46. The van der Waals surface area contributed by atoms with E-state index < -0.39 is 0 Å². The van der Waals surface area contributed by atoms with Crippen LogP contribution in [-0.2, 0) is 9.59 Å². The average molecular weight is 447 g/mol. The molecule has 6 nitrogen and oxygen atoms in total. The molecule has 0 atom stereocenters. The number of amides is 2. The van der Waals surface area contributed by atoms with E-state index in [1.165, 1.54) is 5.69 Å². The van der Waals surface area contributed by atoms with Crippen molar-refractivity contribution in [2.45, 2.75) is 19.8 Å². The van der Waals surface area contributed by atoms with Gasteiger partial charge in [0.1, 0.15) is 0 Å². The number of aryl methyl sites for hydroxylation is 1. The molecule has 0 saturated carbocycles. The van der Waals surface area contributed by atoms with Crippen LogP contribution in [0, 0.1) is 12.8 Å². The van der Waals surface area contributed by atoms with E-state index in [0.717, 1.165) is 43.0 Å². The monoisotopic (exact) mass is 446 g/mol. The summed E-state index contributed by atoms with van der Waals surface area (Å²) in [5, 5.41) is 3.12. The Morgan fingerprint density at radius 2 is 1.64 bits per heavy atom. The summed E-state index contributed by atoms with van der Waals surface area (Å²) in [5.74, 6) is -0.00529. The maximum Gasteiger partial charge on any atom is 0.246 e. The summed E-state index contributed by atoms with van der Waals surface area (Å²) < 4.78 is 0. The van der Waals surface area contributed by atoms with E-state index >= 15 is 0 Å². The third-order valence-corrected chi connectivity index (χ3v) is 6.73. The van der Waals surface area contributed by atoms with E-state index in [1.54, 1.807) is 6.08 Å². The molecule has 0 bridgehead atoms. The molecule has 2 amide bonds. The molecular weight excluding hydrogens is 412 g/mol. The highest BCUT2D eigenvalue weighted by Gasteiger charge is 2.27. The second kappa shape index (κ2) is 10.7. The first-order valence-electron chi connectivity index (χ1n) is 11.9. The molecule has 0 aliphatic carbocycles. The number of carbonyl (C=O) groups excluding carboxylic acids is 2. The van der Waals surface area contributed by atoms with Gasteiger partial charge in [-0.1, -0.05) is 30.3 Å². The highest BCUT2D eigenvalue weighted by molar-refractivity contribution is 5.94. The number of likely N-dealkylation sites (N-methyl/N-ethyl adjacent to an activating group) is 1. The van der Waals surface area contributed by atoms with E-state index in [0.29, 0.717) is 25.9 Å². The predicted molar refractivity (Wildman–Crippen MR) is 134 cm³/mol. The molecule has 0 radical (unpaired) electrons. The van der Waals surface area contributed by atoms with Gasteiger partial charge in [0.15, 0.2) is 0 Å². The van der Waals surface area contributed by atoms with Crippen LogP contribution in [0.5, 0.6) is 0 Å². The van der Waals surface area contributed by atoms with Crippen molar-refractivity contribution in [1.29, 1.82) is 0 Å². The fourth-order valence-electron chi connectivity index (χ4n) is 4.48. The molecule has 2 fully saturated rings. The quantitative estimate of drug-likeness (QED) is 0.713. The van der Waals surface area contributed by atoms with Gasteiger partial charge < -0.3 is 20.0 Å². The lowest BCUT2D eigenvalue weighted by atomic mass is 9.95. The number of carbonyl (C=O) groups is 2. The van der Waals surface area contributed by atoms with Gasteiger partial charge >= 0.3 is 0 Å². The Bertz CT molecular complexity index is 988. The zero-order valence-electron chi connectivity index (χ0n) is 19.7. The number of nitrogens with zero attached hydrogens (tertiary/aromatic N) is 3. The van der Waals surface area contributed by atoms with Gasteiger partial charge in [-0.25, -0.2) is 0 Å². The second-order valence-electron chi connectivity index (χ2n) is 9.12. The van der Waals surface area contributed by atoms with Gasteiger partial charge in [0.25, 0.3) is 0 Å². The number of piperazine rings is 1. The number of hydrogen-bond acceptors (Lipinski definition) is 4. The average Bonchev–Trinajstić information content (AvgIpc) is 2.85. The van der Waals surface area contributed by atoms with Gasteiger partial charge in [-0.3, -0.25) is 9.59 Å². The fraction of sp³-hybridized carbons (Fsp3) is 0.407. The number of benzene rings is 2. The van der Waals surface area contributed by atoms with Crippen LogP contribution in [0.1, 0.15) is 24.0 Å². The molecule has 2 aliphatic heterocycles. The minimum atomic E-state index is -0.0659. The Labute approximate surface area is 196 Å². The molecule has 0 aromatic heterocycles. The van der Waals surface area contributed by atoms with E-state index in [4.69, 9.17) is 0 Å². The van der Waals surface area contributed by atoms with E-state index in [9.17, 15) is 9.59 Å². The fourth-order valence-corrected chi connectivity index (χ4v) is 4.48. The summed E-state index contributed by atoms with van der Waals surface area (Å²) in [5.41, 5.74) is 4.18. The first kappa shape index (κ1) is 23.1. The largest absolute Gasteiger partial charge is 0.369 e. The van der Waals surface area contributed by atoms with Crippen LogP contribution in [0.4, 0.5) is 11.4 Å². The van der Waals surface area contributed by atoms with Gasteiger partial charge in [-0.05, 0) is 62.2 Å². The number of anilines is 2. The Kier molecular flexibility index (Phi) is 7.45. The second-order valence-corrected chi connectivity index (χ2v) is 9.12. The summed E-state index contributed by atoms with van der Waals surface area (Å²) in [7, 11) is 2.16. The number of piperidine rings is 1. The van der Waals surface area contributed by atoms with E-state index in [1.807, 2.05) is 47.4 Å². The molecule has 2 heterocycles. The SMILES string of the molecule is Cc1cc(N2CCN(C)CC2)ccc1NC(=O)C1CCN(C(=O)/C=C/c2ccccc2)CC1. The summed E-state index contributed by atoms with van der Waals surface area (Å²) in [4.78, 5) is 32.0. The van der Waals surface area contributed by atoms with Crippen LogP contribution in [-0.4, -0.2) is 67.9 Å². The molecule has 2 aliphatic rings. The van der Waals surface area contributed by atoms with Crippen LogP contribution in [0.3, 0.4) is 0 Å². The lowest BCUT2D eigenvalue weighted by Gasteiger charge is -2.34. The first-order chi connectivity index (χ1) is 16.0. The van der Waals surface area contributed by atoms with Crippen molar-refractivity contribution in [3.63, 3.8) is 0 Å². The van der Waals surface area contributed by atoms with Crippen molar-refractivity contribution in [3.05, 3.63) is 65.7 Å². The zero-order chi connectivity index (χ0) is 23.2. The highest BCUT2D eigenvalue weighted by Crippen LogP contribution is 2.26. The lowest BCUT2D eigenvalue weighted by molar-refractivity contribution is -0.130. The Hall–Kier alpha value is -3.12. The normalized spacial score (nSPS) is 18.0. The molecule has 174 valence electrons. The zero-order valence-corrected chi connectivity index (χ0v) is 19.7. The molecule has 2 aromatic rings. The van der Waals surface area contributed by atoms with Crippen LogP contribution >= 0.6 is 0 Å². The van der Waals surface area contributed by atoms with Gasteiger partial charge in [0.2, 0.25) is 11.8 Å². The third kappa shape index (κ3) is 6.02. The van der Waals surface area contributed by atoms with Crippen molar-refractivity contribution in [3.8, 4) is 0 Å². The molecular formula is C27H34N4O2. The smallest absolute Gasteiger partial charge is 0.246 e. The first-order valence-corrected chi connectivity index (χ1v) is 11.9. The van der Waals surface area contributed by atoms with Crippen LogP contribution < -0.4 is 10.2 Å². The number of nitrogens with one attached hydrogen (secondary N) is 1. The molecule has 4 rings (SSSR count). The van der Waals surface area contributed by atoms with Gasteiger partial charge in [0.05, 0.1) is 0 Å². The molecule has 2 aromatic carbocycles. The lowest BCUT2D eigenvalue weighted by Crippen LogP contribution is -2.44. The maximum atomic E-state index is 12.9. The van der Waals surface area contributed by atoms with Gasteiger partial charge in [-0.2, -0.15) is 0 Å². The summed E-state index contributed by atoms with van der Waals surface area (Å²) in [6, 6.07) is 16.1. The van der Waals surface area contributed by atoms with Crippen LogP contribution in [0.25, 0.3) is 6.08 Å². The van der Waals surface area contributed by atoms with Crippen molar-refractivity contribution >= 4 is 29.3 Å². The Morgan fingerprint density at radius 3 is 2.30 bits per heavy atom. The highest BCUT2D eigenvalue weighted by atomic mass is 16.2. The molecule has 1 N–H and O–H groups in total. The van der Waals surface area contributed by atoms with Crippen molar-refractivity contribution in [2.24, 2.45) is 5.92 Å². The summed E-state index contributed by atoms with van der Waals surface area (Å²) >= 11 is 0. The van der Waals surface area contributed by atoms with Crippen molar-refractivity contribution in [1.82, 2.24) is 9.80 Å². The number of rotatable bonds is 5. The topological polar surface area (TPSA) is 55.9 Å². The molecule has 0 spiro atoms. The molecule has 0 unspecified atom stereocenters. The van der Waals surface area contributed by atoms with Crippen molar-refractivity contribution < 1.29 is 9.59 Å². The van der Waals surface area contributed by atoms with Crippen LogP contribution in [0.15, 0.2) is 54.6 Å². The predicted octanol–water partition coefficient (Wildman–Crippen LogP) is 3.64. The standard InChI is InChI=1S/C27H34N4O2/c1-21-20-24(30-18-16-29(2)17-19-30)9-10-25(21)28-27(33)23-12-14-31(15-13-23)26(32)11-8-22-6-4-3-5-7-22/h3-11,20,23H,12-19H2,1-2H3,(H,28,33)/b11-8+. The van der Waals surface area contributed by atoms with Gasteiger partial charge in [-0.15, -0.1) is 0 Å². The van der Waals surface area contributed by atoms with E-state index in [2.05, 4.69) is 41.2 Å². The third-order valence-electron chi connectivity index (χ3n) is 6.73.